The molecule has 3 aromatic carbocycles. The third-order valence-corrected chi connectivity index (χ3v) is 8.88. The number of rotatable bonds is 4. The molecule has 1 aliphatic rings. The largest absolute Gasteiger partial charge is 0.340 e. The van der Waals surface area contributed by atoms with Gasteiger partial charge in [0.15, 0.2) is 0 Å². The van der Waals surface area contributed by atoms with Crippen molar-refractivity contribution in [1.82, 2.24) is 19.9 Å². The number of fused-ring (bicyclic) bond motifs is 1. The van der Waals surface area contributed by atoms with Gasteiger partial charge in [0.25, 0.3) is 5.91 Å². The number of halogens is 2. The molecular formula is C30H26ClFN4OS. The maximum atomic E-state index is 13.7. The van der Waals surface area contributed by atoms with Gasteiger partial charge in [-0.1, -0.05) is 41.9 Å². The number of H-pyrrole nitrogens is 1. The molecule has 0 bridgehead atoms. The quantitative estimate of drug-likeness (QED) is 0.250. The van der Waals surface area contributed by atoms with Gasteiger partial charge in [0.05, 0.1) is 16.6 Å². The first-order valence-corrected chi connectivity index (χ1v) is 13.8. The first-order chi connectivity index (χ1) is 18.2. The third kappa shape index (κ3) is 4.10. The van der Waals surface area contributed by atoms with Gasteiger partial charge in [-0.05, 0) is 80.1 Å². The van der Waals surface area contributed by atoms with E-state index in [1.807, 2.05) is 48.4 Å². The Hall–Kier alpha value is -3.55. The second-order valence-electron chi connectivity index (χ2n) is 10.1. The molecule has 8 heteroatoms. The molecule has 1 saturated heterocycles. The van der Waals surface area contributed by atoms with Crippen LogP contribution >= 0.6 is 22.9 Å². The second-order valence-corrected chi connectivity index (χ2v) is 11.3. The van der Waals surface area contributed by atoms with E-state index in [9.17, 15) is 9.18 Å². The Morgan fingerprint density at radius 3 is 2.61 bits per heavy atom. The average Bonchev–Trinajstić information content (AvgIpc) is 3.65. The Morgan fingerprint density at radius 1 is 1.08 bits per heavy atom. The maximum Gasteiger partial charge on any atom is 0.274 e. The minimum absolute atomic E-state index is 0.0942. The lowest BCUT2D eigenvalue weighted by atomic mass is 9.97. The third-order valence-electron chi connectivity index (χ3n) is 7.60. The van der Waals surface area contributed by atoms with Crippen LogP contribution < -0.4 is 0 Å². The van der Waals surface area contributed by atoms with Gasteiger partial charge in [-0.3, -0.25) is 4.79 Å². The lowest BCUT2D eigenvalue weighted by Gasteiger charge is -2.33. The molecule has 0 aliphatic carbocycles. The number of benzene rings is 3. The topological polar surface area (TPSA) is 61.9 Å². The van der Waals surface area contributed by atoms with Crippen molar-refractivity contribution in [2.24, 2.45) is 0 Å². The van der Waals surface area contributed by atoms with Crippen LogP contribution in [0.25, 0.3) is 32.7 Å². The molecule has 1 fully saturated rings. The summed E-state index contributed by atoms with van der Waals surface area (Å²) in [6.45, 7) is 6.70. The highest BCUT2D eigenvalue weighted by molar-refractivity contribution is 7.13. The number of aryl methyl sites for hydroxylation is 2. The van der Waals surface area contributed by atoms with Crippen LogP contribution in [0, 0.1) is 19.7 Å². The zero-order valence-electron chi connectivity index (χ0n) is 21.3. The van der Waals surface area contributed by atoms with Crippen LogP contribution in [0.3, 0.4) is 0 Å². The highest BCUT2D eigenvalue weighted by Crippen LogP contribution is 2.40. The smallest absolute Gasteiger partial charge is 0.274 e. The molecule has 1 atom stereocenters. The minimum atomic E-state index is -0.564. The zero-order valence-corrected chi connectivity index (χ0v) is 22.9. The van der Waals surface area contributed by atoms with Crippen LogP contribution in [0.2, 0.25) is 5.02 Å². The van der Waals surface area contributed by atoms with Crippen LogP contribution in [0.15, 0.2) is 60.0 Å². The van der Waals surface area contributed by atoms with E-state index >= 15 is 0 Å². The lowest BCUT2D eigenvalue weighted by Crippen LogP contribution is -2.43. The predicted molar refractivity (Wildman–Crippen MR) is 151 cm³/mol. The van der Waals surface area contributed by atoms with E-state index < -0.39 is 5.54 Å². The van der Waals surface area contributed by atoms with E-state index in [0.717, 1.165) is 62.5 Å². The van der Waals surface area contributed by atoms with Crippen molar-refractivity contribution in [3.63, 3.8) is 0 Å². The summed E-state index contributed by atoms with van der Waals surface area (Å²) < 4.78 is 13.3. The summed E-state index contributed by atoms with van der Waals surface area (Å²) in [7, 11) is 0. The molecule has 2 aromatic heterocycles. The lowest BCUT2D eigenvalue weighted by molar-refractivity contribution is 0.0600. The molecule has 0 spiro atoms. The van der Waals surface area contributed by atoms with Gasteiger partial charge in [0.1, 0.15) is 22.3 Å². The normalized spacial score (nSPS) is 17.4. The number of hydrogen-bond acceptors (Lipinski definition) is 4. The van der Waals surface area contributed by atoms with Crippen molar-refractivity contribution in [2.75, 3.05) is 6.54 Å². The van der Waals surface area contributed by atoms with Gasteiger partial charge in [-0.25, -0.2) is 14.4 Å². The summed E-state index contributed by atoms with van der Waals surface area (Å²) in [6, 6.07) is 16.4. The Balaban J connectivity index is 1.28. The molecule has 192 valence electrons. The summed E-state index contributed by atoms with van der Waals surface area (Å²) in [6.07, 6.45) is 1.70. The monoisotopic (exact) mass is 544 g/mol. The number of aromatic amines is 1. The van der Waals surface area contributed by atoms with Crippen molar-refractivity contribution in [2.45, 2.75) is 39.2 Å². The number of thiazole rings is 1. The van der Waals surface area contributed by atoms with Crippen molar-refractivity contribution < 1.29 is 9.18 Å². The number of imidazole rings is 1. The Kier molecular flexibility index (Phi) is 6.08. The molecule has 3 heterocycles. The van der Waals surface area contributed by atoms with E-state index in [0.29, 0.717) is 17.3 Å². The molecule has 0 unspecified atom stereocenters. The summed E-state index contributed by atoms with van der Waals surface area (Å²) in [5.41, 5.74) is 6.54. The first kappa shape index (κ1) is 24.8. The van der Waals surface area contributed by atoms with Gasteiger partial charge >= 0.3 is 0 Å². The molecule has 0 saturated carbocycles. The van der Waals surface area contributed by atoms with Crippen molar-refractivity contribution >= 4 is 39.9 Å². The molecule has 0 radical (unpaired) electrons. The van der Waals surface area contributed by atoms with Crippen LogP contribution in [0.5, 0.6) is 0 Å². The standard InChI is InChI=1S/C30H26ClFN4OS/c1-17-15-20(19-5-8-21(32)9-6-19)7-10-22(17)27-33-25(16-38-27)28(37)36-14-4-13-30(36,3)29-34-24-12-11-23(31)18(2)26(24)35-29/h5-12,15-16H,4,13-14H2,1-3H3,(H,34,35)/t30-/m0/s1. The van der Waals surface area contributed by atoms with E-state index in [1.165, 1.54) is 23.5 Å². The van der Waals surface area contributed by atoms with Gasteiger partial charge < -0.3 is 9.88 Å². The van der Waals surface area contributed by atoms with Crippen LogP contribution in [-0.4, -0.2) is 32.3 Å². The Bertz CT molecular complexity index is 1690. The molecule has 5 aromatic rings. The van der Waals surface area contributed by atoms with Crippen LogP contribution in [0.4, 0.5) is 4.39 Å². The van der Waals surface area contributed by atoms with E-state index in [4.69, 9.17) is 21.6 Å². The number of amides is 1. The fourth-order valence-corrected chi connectivity index (χ4v) is 6.37. The summed E-state index contributed by atoms with van der Waals surface area (Å²) in [5, 5.41) is 3.31. The Morgan fingerprint density at radius 2 is 1.84 bits per heavy atom. The number of likely N-dealkylation sites (tertiary alicyclic amines) is 1. The maximum absolute atomic E-state index is 13.7. The number of carbonyl (C=O) groups is 1. The fourth-order valence-electron chi connectivity index (χ4n) is 5.34. The van der Waals surface area contributed by atoms with E-state index in [2.05, 4.69) is 18.0 Å². The van der Waals surface area contributed by atoms with E-state index in [-0.39, 0.29) is 11.7 Å². The van der Waals surface area contributed by atoms with Gasteiger partial charge in [0.2, 0.25) is 0 Å². The van der Waals surface area contributed by atoms with Gasteiger partial charge in [0, 0.05) is 22.5 Å². The number of nitrogens with one attached hydrogen (secondary N) is 1. The van der Waals surface area contributed by atoms with Crippen molar-refractivity contribution in [3.8, 4) is 21.7 Å². The Labute approximate surface area is 229 Å². The highest BCUT2D eigenvalue weighted by Gasteiger charge is 2.44. The molecule has 5 nitrogen and oxygen atoms in total. The van der Waals surface area contributed by atoms with Crippen molar-refractivity contribution in [3.05, 3.63) is 93.5 Å². The minimum Gasteiger partial charge on any atom is -0.340 e. The number of hydrogen-bond donors (Lipinski definition) is 1. The first-order valence-electron chi connectivity index (χ1n) is 12.5. The molecular weight excluding hydrogens is 519 g/mol. The summed E-state index contributed by atoms with van der Waals surface area (Å²) in [4.78, 5) is 28.7. The van der Waals surface area contributed by atoms with Crippen LogP contribution in [-0.2, 0) is 5.54 Å². The molecule has 6 rings (SSSR count). The van der Waals surface area contributed by atoms with Gasteiger partial charge in [-0.15, -0.1) is 11.3 Å². The molecule has 1 N–H and O–H groups in total. The molecule has 1 aliphatic heterocycles. The van der Waals surface area contributed by atoms with Crippen LogP contribution in [0.1, 0.15) is 47.2 Å². The fraction of sp³-hybridized carbons (Fsp3) is 0.233. The number of carbonyl (C=O) groups excluding carboxylic acids is 1. The van der Waals surface area contributed by atoms with E-state index in [1.54, 1.807) is 12.1 Å². The SMILES string of the molecule is Cc1cc(-c2ccc(F)cc2)ccc1-c1nc(C(=O)N2CCC[C@@]2(C)c2nc3c(C)c(Cl)ccc3[nH]2)cs1. The van der Waals surface area contributed by atoms with Gasteiger partial charge in [-0.2, -0.15) is 0 Å². The highest BCUT2D eigenvalue weighted by atomic mass is 35.5. The van der Waals surface area contributed by atoms with Crippen molar-refractivity contribution in [1.29, 1.82) is 0 Å². The summed E-state index contributed by atoms with van der Waals surface area (Å²) in [5.74, 6) is 0.422. The summed E-state index contributed by atoms with van der Waals surface area (Å²) >= 11 is 7.79. The second kappa shape index (κ2) is 9.33. The molecule has 1 amide bonds. The number of nitrogens with zero attached hydrogens (tertiary/aromatic N) is 3. The average molecular weight is 545 g/mol. The molecule has 38 heavy (non-hydrogen) atoms. The number of aromatic nitrogens is 3. The predicted octanol–water partition coefficient (Wildman–Crippen LogP) is 7.91. The zero-order chi connectivity index (χ0) is 26.6.